The lowest BCUT2D eigenvalue weighted by molar-refractivity contribution is 0.236. The number of thiazole rings is 1. The van der Waals surface area contributed by atoms with Gasteiger partial charge in [0.25, 0.3) is 0 Å². The predicted octanol–water partition coefficient (Wildman–Crippen LogP) is 1.26. The van der Waals surface area contributed by atoms with Crippen LogP contribution in [0.25, 0.3) is 0 Å². The van der Waals surface area contributed by atoms with Gasteiger partial charge in [0, 0.05) is 30.2 Å². The zero-order valence-corrected chi connectivity index (χ0v) is 11.3. The van der Waals surface area contributed by atoms with Gasteiger partial charge in [-0.2, -0.15) is 0 Å². The molecule has 0 spiro atoms. The van der Waals surface area contributed by atoms with Crippen molar-refractivity contribution in [3.8, 4) is 0 Å². The van der Waals surface area contributed by atoms with Crippen LogP contribution in [-0.2, 0) is 6.54 Å². The molecule has 1 aliphatic rings. The molecule has 1 fully saturated rings. The monoisotopic (exact) mass is 255 g/mol. The number of nitrogens with zero attached hydrogens (tertiary/aromatic N) is 1. The molecule has 2 rings (SSSR count). The average Bonchev–Trinajstić information content (AvgIpc) is 2.54. The molecule has 0 bridgehead atoms. The minimum atomic E-state index is 0.0494. The second-order valence-electron chi connectivity index (χ2n) is 5.07. The van der Waals surface area contributed by atoms with E-state index >= 15 is 0 Å². The third kappa shape index (κ3) is 3.66. The van der Waals surface area contributed by atoms with Crippen molar-refractivity contribution in [1.82, 2.24) is 15.2 Å². The smallest absolute Gasteiger partial charge is 0.304 e. The summed E-state index contributed by atoms with van der Waals surface area (Å²) in [5.74, 6) is 0.650. The highest BCUT2D eigenvalue weighted by Gasteiger charge is 2.20. The van der Waals surface area contributed by atoms with Crippen LogP contribution >= 0.6 is 11.3 Å². The Hall–Kier alpha value is -0.650. The molecule has 0 aromatic carbocycles. The molecule has 5 heteroatoms. The molecule has 2 N–H and O–H groups in total. The highest BCUT2D eigenvalue weighted by Crippen LogP contribution is 2.11. The number of hydrogen-bond donors (Lipinski definition) is 2. The van der Waals surface area contributed by atoms with E-state index in [2.05, 4.69) is 29.0 Å². The lowest BCUT2D eigenvalue weighted by Crippen LogP contribution is -2.41. The first-order valence-corrected chi connectivity index (χ1v) is 7.15. The average molecular weight is 255 g/mol. The Labute approximate surface area is 106 Å². The van der Waals surface area contributed by atoms with Crippen LogP contribution in [0.2, 0.25) is 0 Å². The summed E-state index contributed by atoms with van der Waals surface area (Å²) in [5, 5.41) is 5.53. The largest absolute Gasteiger partial charge is 0.315 e. The number of nitrogens with one attached hydrogen (secondary N) is 2. The molecule has 2 heterocycles. The van der Waals surface area contributed by atoms with Gasteiger partial charge >= 0.3 is 4.87 Å². The van der Waals surface area contributed by atoms with Crippen molar-refractivity contribution < 1.29 is 0 Å². The van der Waals surface area contributed by atoms with Gasteiger partial charge in [-0.3, -0.25) is 9.69 Å². The summed E-state index contributed by atoms with van der Waals surface area (Å²) in [4.78, 5) is 16.5. The molecule has 0 saturated carbocycles. The Morgan fingerprint density at radius 3 is 3.06 bits per heavy atom. The predicted molar refractivity (Wildman–Crippen MR) is 71.5 cm³/mol. The highest BCUT2D eigenvalue weighted by molar-refractivity contribution is 7.07. The van der Waals surface area contributed by atoms with Crippen molar-refractivity contribution in [2.75, 3.05) is 19.6 Å². The standard InChI is InChI=1S/C12H21N3OS/c1-9(2)11-7-15(5-3-4-13-11)6-10-8-17-12(16)14-10/h8-9,11,13H,3-7H2,1-2H3,(H,14,16). The van der Waals surface area contributed by atoms with E-state index < -0.39 is 0 Å². The first-order chi connectivity index (χ1) is 8.15. The zero-order valence-electron chi connectivity index (χ0n) is 10.5. The molecule has 1 atom stereocenters. The summed E-state index contributed by atoms with van der Waals surface area (Å²) < 4.78 is 0. The Morgan fingerprint density at radius 2 is 2.41 bits per heavy atom. The fourth-order valence-corrected chi connectivity index (χ4v) is 2.82. The maximum Gasteiger partial charge on any atom is 0.304 e. The van der Waals surface area contributed by atoms with Gasteiger partial charge in [-0.05, 0) is 25.4 Å². The van der Waals surface area contributed by atoms with E-state index in [1.165, 1.54) is 17.8 Å². The molecule has 1 aliphatic heterocycles. The van der Waals surface area contributed by atoms with Crippen LogP contribution in [0.15, 0.2) is 10.2 Å². The first-order valence-electron chi connectivity index (χ1n) is 6.27. The zero-order chi connectivity index (χ0) is 12.3. The molecule has 17 heavy (non-hydrogen) atoms. The molecular weight excluding hydrogens is 234 g/mol. The third-order valence-electron chi connectivity index (χ3n) is 3.28. The number of aromatic amines is 1. The molecule has 0 amide bonds. The number of aromatic nitrogens is 1. The minimum absolute atomic E-state index is 0.0494. The number of rotatable bonds is 3. The minimum Gasteiger partial charge on any atom is -0.315 e. The van der Waals surface area contributed by atoms with Crippen LogP contribution in [0.5, 0.6) is 0 Å². The van der Waals surface area contributed by atoms with Crippen molar-refractivity contribution in [2.45, 2.75) is 32.9 Å². The quantitative estimate of drug-likeness (QED) is 0.855. The molecule has 1 saturated heterocycles. The number of H-pyrrole nitrogens is 1. The molecular formula is C12H21N3OS. The van der Waals surface area contributed by atoms with Gasteiger partial charge < -0.3 is 10.3 Å². The molecule has 0 aliphatic carbocycles. The SMILES string of the molecule is CC(C)C1CN(Cc2csc(=O)[nH]2)CCCN1. The second kappa shape index (κ2) is 5.80. The van der Waals surface area contributed by atoms with Crippen molar-refractivity contribution in [2.24, 2.45) is 5.92 Å². The summed E-state index contributed by atoms with van der Waals surface area (Å²) in [6, 6.07) is 0.558. The lowest BCUT2D eigenvalue weighted by atomic mass is 10.0. The fraction of sp³-hybridized carbons (Fsp3) is 0.750. The molecule has 0 radical (unpaired) electrons. The van der Waals surface area contributed by atoms with Gasteiger partial charge in [-0.15, -0.1) is 0 Å². The van der Waals surface area contributed by atoms with Crippen LogP contribution in [0, 0.1) is 5.92 Å². The summed E-state index contributed by atoms with van der Waals surface area (Å²) >= 11 is 1.25. The maximum absolute atomic E-state index is 11.1. The van der Waals surface area contributed by atoms with E-state index in [-0.39, 0.29) is 4.87 Å². The third-order valence-corrected chi connectivity index (χ3v) is 4.00. The van der Waals surface area contributed by atoms with Crippen LogP contribution in [0.4, 0.5) is 0 Å². The van der Waals surface area contributed by atoms with Gasteiger partial charge in [0.2, 0.25) is 0 Å². The lowest BCUT2D eigenvalue weighted by Gasteiger charge is -2.26. The summed E-state index contributed by atoms with van der Waals surface area (Å²) in [5.41, 5.74) is 1.05. The van der Waals surface area contributed by atoms with Gasteiger partial charge in [0.15, 0.2) is 0 Å². The van der Waals surface area contributed by atoms with Crippen LogP contribution in [0.1, 0.15) is 26.0 Å². The highest BCUT2D eigenvalue weighted by atomic mass is 32.1. The van der Waals surface area contributed by atoms with Crippen LogP contribution in [-0.4, -0.2) is 35.6 Å². The molecule has 1 unspecified atom stereocenters. The topological polar surface area (TPSA) is 48.1 Å². The van der Waals surface area contributed by atoms with Crippen molar-refractivity contribution in [3.05, 3.63) is 20.7 Å². The molecule has 96 valence electrons. The van der Waals surface area contributed by atoms with Crippen LogP contribution < -0.4 is 10.2 Å². The molecule has 1 aromatic heterocycles. The Morgan fingerprint density at radius 1 is 1.59 bits per heavy atom. The fourth-order valence-electron chi connectivity index (χ4n) is 2.25. The summed E-state index contributed by atoms with van der Waals surface area (Å²) in [6.45, 7) is 8.65. The van der Waals surface area contributed by atoms with Gasteiger partial charge in [-0.1, -0.05) is 25.2 Å². The Kier molecular flexibility index (Phi) is 4.36. The van der Waals surface area contributed by atoms with E-state index in [0.29, 0.717) is 12.0 Å². The van der Waals surface area contributed by atoms with E-state index in [1.807, 2.05) is 5.38 Å². The van der Waals surface area contributed by atoms with E-state index in [9.17, 15) is 4.79 Å². The first kappa shape index (κ1) is 12.8. The van der Waals surface area contributed by atoms with Crippen molar-refractivity contribution in [3.63, 3.8) is 0 Å². The van der Waals surface area contributed by atoms with Gasteiger partial charge in [0.1, 0.15) is 0 Å². The molecule has 1 aromatic rings. The second-order valence-corrected chi connectivity index (χ2v) is 5.91. The summed E-state index contributed by atoms with van der Waals surface area (Å²) in [7, 11) is 0. The van der Waals surface area contributed by atoms with E-state index in [1.54, 1.807) is 0 Å². The van der Waals surface area contributed by atoms with Crippen molar-refractivity contribution >= 4 is 11.3 Å². The van der Waals surface area contributed by atoms with Crippen LogP contribution in [0.3, 0.4) is 0 Å². The Balaban J connectivity index is 1.97. The summed E-state index contributed by atoms with van der Waals surface area (Å²) in [6.07, 6.45) is 1.18. The van der Waals surface area contributed by atoms with E-state index in [4.69, 9.17) is 0 Å². The van der Waals surface area contributed by atoms with Gasteiger partial charge in [0.05, 0.1) is 0 Å². The van der Waals surface area contributed by atoms with Gasteiger partial charge in [-0.25, -0.2) is 0 Å². The number of hydrogen-bond acceptors (Lipinski definition) is 4. The van der Waals surface area contributed by atoms with Crippen molar-refractivity contribution in [1.29, 1.82) is 0 Å². The Bertz CT molecular complexity index is 398. The normalized spacial score (nSPS) is 22.9. The van der Waals surface area contributed by atoms with E-state index in [0.717, 1.165) is 31.9 Å². The molecule has 4 nitrogen and oxygen atoms in total. The maximum atomic E-state index is 11.1.